The van der Waals surface area contributed by atoms with Gasteiger partial charge >= 0.3 is 0 Å². The SMILES string of the molecule is c1ccc(-c2ccccc2-c2nc(-c3ccccc3-c3ccccc3)nc(-c3ccc(-n4c5cc6ccccc6cc5c5cc6ccccc6cc54)cc3-c3ccc4c(c3)oc3ccccc34)n2)cc1. The molecule has 0 saturated heterocycles. The van der Waals surface area contributed by atoms with Gasteiger partial charge in [0, 0.05) is 43.9 Å². The molecule has 3 heterocycles. The minimum absolute atomic E-state index is 0.566. The summed E-state index contributed by atoms with van der Waals surface area (Å²) in [4.78, 5) is 16.3. The Hall–Kier alpha value is -9.45. The number of furan rings is 1. The average molecular weight is 893 g/mol. The van der Waals surface area contributed by atoms with E-state index in [0.717, 1.165) is 88.7 Å². The predicted molar refractivity (Wildman–Crippen MR) is 289 cm³/mol. The second-order valence-electron chi connectivity index (χ2n) is 17.9. The summed E-state index contributed by atoms with van der Waals surface area (Å²) in [6.45, 7) is 0. The number of fused-ring (bicyclic) bond motifs is 8. The summed E-state index contributed by atoms with van der Waals surface area (Å²) < 4.78 is 9.00. The van der Waals surface area contributed by atoms with E-state index in [0.29, 0.717) is 17.5 Å². The molecule has 0 amide bonds. The molecule has 0 radical (unpaired) electrons. The fraction of sp³-hybridized carbons (Fsp3) is 0. The van der Waals surface area contributed by atoms with E-state index in [9.17, 15) is 0 Å². The summed E-state index contributed by atoms with van der Waals surface area (Å²) in [7, 11) is 0. The summed E-state index contributed by atoms with van der Waals surface area (Å²) in [5, 5.41) is 9.36. The van der Waals surface area contributed by atoms with Gasteiger partial charge in [0.05, 0.1) is 11.0 Å². The van der Waals surface area contributed by atoms with Crippen molar-refractivity contribution in [1.29, 1.82) is 0 Å². The van der Waals surface area contributed by atoms with Crippen LogP contribution in [0.25, 0.3) is 139 Å². The Morgan fingerprint density at radius 1 is 0.271 bits per heavy atom. The molecule has 5 heteroatoms. The number of hydrogen-bond acceptors (Lipinski definition) is 4. The maximum absolute atomic E-state index is 6.58. The Morgan fingerprint density at radius 2 is 0.714 bits per heavy atom. The van der Waals surface area contributed by atoms with Gasteiger partial charge < -0.3 is 8.98 Å². The van der Waals surface area contributed by atoms with Crippen LogP contribution >= 0.6 is 0 Å². The zero-order valence-electron chi connectivity index (χ0n) is 37.8. The summed E-state index contributed by atoms with van der Waals surface area (Å²) in [6, 6.07) is 85.9. The lowest BCUT2D eigenvalue weighted by Gasteiger charge is -2.17. The van der Waals surface area contributed by atoms with Gasteiger partial charge in [-0.3, -0.25) is 0 Å². The van der Waals surface area contributed by atoms with Gasteiger partial charge in [0.25, 0.3) is 0 Å². The molecule has 5 nitrogen and oxygen atoms in total. The maximum atomic E-state index is 6.58. The van der Waals surface area contributed by atoms with E-state index in [2.05, 4.69) is 223 Å². The fourth-order valence-corrected chi connectivity index (χ4v) is 10.5. The highest BCUT2D eigenvalue weighted by Crippen LogP contribution is 2.43. The van der Waals surface area contributed by atoms with Crippen molar-refractivity contribution in [1.82, 2.24) is 19.5 Å². The standard InChI is InChI=1S/C65H40N4O/c1-3-17-41(18-4-1)49-25-11-13-28-53(49)63-66-64(54-29-14-12-26-50(54)42-19-5-2-6-20-42)68-65(67-63)55-34-32-48(40-56(55)47-31-33-52-51-27-15-16-30-61(51)70-62(52)39-47)69-59-37-45-23-9-7-21-43(45)35-57(59)58-36-44-22-8-10-24-46(44)38-60(58)69/h1-40H. The van der Waals surface area contributed by atoms with Crippen LogP contribution in [0.4, 0.5) is 0 Å². The molecule has 3 aromatic heterocycles. The van der Waals surface area contributed by atoms with Gasteiger partial charge in [0.1, 0.15) is 11.2 Å². The van der Waals surface area contributed by atoms with E-state index < -0.39 is 0 Å². The third kappa shape index (κ3) is 6.59. The number of hydrogen-bond donors (Lipinski definition) is 0. The van der Waals surface area contributed by atoms with Crippen LogP contribution in [0.2, 0.25) is 0 Å². The van der Waals surface area contributed by atoms with Crippen LogP contribution in [0, 0.1) is 0 Å². The van der Waals surface area contributed by atoms with Gasteiger partial charge in [-0.2, -0.15) is 0 Å². The summed E-state index contributed by atoms with van der Waals surface area (Å²) >= 11 is 0. The second-order valence-corrected chi connectivity index (χ2v) is 17.9. The number of rotatable bonds is 7. The highest BCUT2D eigenvalue weighted by atomic mass is 16.3. The lowest BCUT2D eigenvalue weighted by Crippen LogP contribution is -2.03. The monoisotopic (exact) mass is 892 g/mol. The highest BCUT2D eigenvalue weighted by molar-refractivity contribution is 6.17. The first-order valence-electron chi connectivity index (χ1n) is 23.7. The third-order valence-corrected chi connectivity index (χ3v) is 13.8. The molecule has 0 unspecified atom stereocenters. The van der Waals surface area contributed by atoms with Crippen LogP contribution in [0.1, 0.15) is 0 Å². The van der Waals surface area contributed by atoms with Crippen molar-refractivity contribution >= 4 is 65.3 Å². The van der Waals surface area contributed by atoms with Crippen LogP contribution in [0.5, 0.6) is 0 Å². The molecule has 0 bridgehead atoms. The predicted octanol–water partition coefficient (Wildman–Crippen LogP) is 17.2. The maximum Gasteiger partial charge on any atom is 0.164 e. The Labute approximate surface area is 403 Å². The first-order valence-corrected chi connectivity index (χ1v) is 23.7. The van der Waals surface area contributed by atoms with Crippen LogP contribution in [-0.2, 0) is 0 Å². The quantitative estimate of drug-likeness (QED) is 0.160. The van der Waals surface area contributed by atoms with Crippen LogP contribution < -0.4 is 0 Å². The lowest BCUT2D eigenvalue weighted by atomic mass is 9.96. The van der Waals surface area contributed by atoms with Crippen molar-refractivity contribution in [2.45, 2.75) is 0 Å². The van der Waals surface area contributed by atoms with Crippen molar-refractivity contribution in [3.8, 4) is 73.2 Å². The van der Waals surface area contributed by atoms with Crippen LogP contribution in [0.15, 0.2) is 247 Å². The van der Waals surface area contributed by atoms with Crippen molar-refractivity contribution in [2.24, 2.45) is 0 Å². The summed E-state index contributed by atoms with van der Waals surface area (Å²) in [6.07, 6.45) is 0. The molecule has 14 rings (SSSR count). The molecule has 0 aliphatic heterocycles. The molecule has 0 aliphatic rings. The summed E-state index contributed by atoms with van der Waals surface area (Å²) in [5.41, 5.74) is 13.9. The first kappa shape index (κ1) is 39.7. The molecule has 0 aliphatic carbocycles. The molecule has 0 fully saturated rings. The smallest absolute Gasteiger partial charge is 0.164 e. The number of benzene rings is 11. The molecule has 11 aromatic carbocycles. The van der Waals surface area contributed by atoms with Gasteiger partial charge in [-0.05, 0) is 116 Å². The Bertz CT molecular complexity index is 4170. The third-order valence-electron chi connectivity index (χ3n) is 13.8. The van der Waals surface area contributed by atoms with Gasteiger partial charge in [-0.25, -0.2) is 15.0 Å². The normalized spacial score (nSPS) is 11.7. The molecule has 0 atom stereocenters. The number of para-hydroxylation sites is 1. The summed E-state index contributed by atoms with van der Waals surface area (Å²) in [5.74, 6) is 1.74. The van der Waals surface area contributed by atoms with Crippen molar-refractivity contribution in [3.63, 3.8) is 0 Å². The molecule has 14 aromatic rings. The fourth-order valence-electron chi connectivity index (χ4n) is 10.5. The molecule has 70 heavy (non-hydrogen) atoms. The molecular weight excluding hydrogens is 853 g/mol. The highest BCUT2D eigenvalue weighted by Gasteiger charge is 2.22. The van der Waals surface area contributed by atoms with Gasteiger partial charge in [0.2, 0.25) is 0 Å². The molecular formula is C65H40N4O. The van der Waals surface area contributed by atoms with Gasteiger partial charge in [-0.15, -0.1) is 0 Å². The second kappa shape index (κ2) is 16.1. The van der Waals surface area contributed by atoms with Crippen LogP contribution in [-0.4, -0.2) is 19.5 Å². The largest absolute Gasteiger partial charge is 0.456 e. The average Bonchev–Trinajstić information content (AvgIpc) is 3.96. The zero-order chi connectivity index (χ0) is 46.1. The van der Waals surface area contributed by atoms with E-state index in [-0.39, 0.29) is 0 Å². The Morgan fingerprint density at radius 3 is 1.27 bits per heavy atom. The molecule has 0 saturated carbocycles. The number of aromatic nitrogens is 4. The van der Waals surface area contributed by atoms with Gasteiger partial charge in [0.15, 0.2) is 17.5 Å². The minimum atomic E-state index is 0.566. The number of nitrogens with zero attached hydrogens (tertiary/aromatic N) is 4. The molecule has 0 spiro atoms. The minimum Gasteiger partial charge on any atom is -0.456 e. The first-order chi connectivity index (χ1) is 34.7. The van der Waals surface area contributed by atoms with E-state index >= 15 is 0 Å². The Balaban J connectivity index is 1.06. The molecule has 0 N–H and O–H groups in total. The molecule has 326 valence electrons. The Kier molecular flexibility index (Phi) is 9.14. The van der Waals surface area contributed by atoms with E-state index in [1.807, 2.05) is 24.3 Å². The van der Waals surface area contributed by atoms with Crippen LogP contribution in [0.3, 0.4) is 0 Å². The zero-order valence-corrected chi connectivity index (χ0v) is 37.8. The van der Waals surface area contributed by atoms with Gasteiger partial charge in [-0.1, -0.05) is 182 Å². The topological polar surface area (TPSA) is 56.7 Å². The van der Waals surface area contributed by atoms with E-state index in [1.165, 1.54) is 32.3 Å². The van der Waals surface area contributed by atoms with Crippen molar-refractivity contribution in [3.05, 3.63) is 243 Å². The van der Waals surface area contributed by atoms with E-state index in [4.69, 9.17) is 19.4 Å². The van der Waals surface area contributed by atoms with Crippen molar-refractivity contribution < 1.29 is 4.42 Å². The van der Waals surface area contributed by atoms with Crippen molar-refractivity contribution in [2.75, 3.05) is 0 Å². The van der Waals surface area contributed by atoms with E-state index in [1.54, 1.807) is 0 Å². The lowest BCUT2D eigenvalue weighted by molar-refractivity contribution is 0.669.